The van der Waals surface area contributed by atoms with Crippen LogP contribution in [-0.4, -0.2) is 48.9 Å². The summed E-state index contributed by atoms with van der Waals surface area (Å²) in [7, 11) is 0. The van der Waals surface area contributed by atoms with Crippen molar-refractivity contribution in [3.63, 3.8) is 0 Å². The van der Waals surface area contributed by atoms with Crippen LogP contribution in [0.1, 0.15) is 45.5 Å². The van der Waals surface area contributed by atoms with E-state index in [0.717, 1.165) is 66.2 Å². The molecule has 1 N–H and O–H groups in total. The SMILES string of the molecule is Cc1nc2ncc(-c3ccn4nc(NCC(C)(C)C)ncc34)cc2n1C1CCOCC1. The third-order valence-corrected chi connectivity index (χ3v) is 5.78. The molecular weight excluding hydrogens is 390 g/mol. The monoisotopic (exact) mass is 419 g/mol. The molecule has 5 heterocycles. The molecule has 162 valence electrons. The fourth-order valence-corrected chi connectivity index (χ4v) is 4.21. The van der Waals surface area contributed by atoms with E-state index >= 15 is 0 Å². The Morgan fingerprint density at radius 1 is 1.13 bits per heavy atom. The van der Waals surface area contributed by atoms with Crippen LogP contribution in [0.2, 0.25) is 0 Å². The maximum atomic E-state index is 5.55. The lowest BCUT2D eigenvalue weighted by Gasteiger charge is -2.25. The smallest absolute Gasteiger partial charge is 0.241 e. The number of imidazole rings is 1. The summed E-state index contributed by atoms with van der Waals surface area (Å²) in [4.78, 5) is 13.9. The number of nitrogens with zero attached hydrogens (tertiary/aromatic N) is 6. The van der Waals surface area contributed by atoms with Crippen LogP contribution in [-0.2, 0) is 4.74 Å². The van der Waals surface area contributed by atoms with Crippen molar-refractivity contribution in [2.24, 2.45) is 5.41 Å². The first-order valence-electron chi connectivity index (χ1n) is 10.9. The number of nitrogens with one attached hydrogen (secondary N) is 1. The molecule has 1 saturated heterocycles. The molecule has 0 bridgehead atoms. The molecule has 0 spiro atoms. The van der Waals surface area contributed by atoms with Gasteiger partial charge in [-0.25, -0.2) is 19.5 Å². The number of hydrogen-bond acceptors (Lipinski definition) is 6. The molecule has 1 aliphatic heterocycles. The Labute approximate surface area is 181 Å². The van der Waals surface area contributed by atoms with Gasteiger partial charge in [-0.15, -0.1) is 5.10 Å². The lowest BCUT2D eigenvalue weighted by molar-refractivity contribution is 0.0701. The summed E-state index contributed by atoms with van der Waals surface area (Å²) in [5, 5.41) is 7.94. The van der Waals surface area contributed by atoms with Crippen molar-refractivity contribution in [2.45, 2.75) is 46.6 Å². The topological polar surface area (TPSA) is 82.2 Å². The van der Waals surface area contributed by atoms with Crippen molar-refractivity contribution >= 4 is 22.6 Å². The Kier molecular flexibility index (Phi) is 4.89. The summed E-state index contributed by atoms with van der Waals surface area (Å²) in [5.41, 5.74) is 5.09. The highest BCUT2D eigenvalue weighted by molar-refractivity contribution is 5.85. The minimum atomic E-state index is 0.160. The number of hydrogen-bond donors (Lipinski definition) is 1. The Bertz CT molecular complexity index is 1230. The van der Waals surface area contributed by atoms with E-state index in [2.05, 4.69) is 64.8 Å². The zero-order valence-electron chi connectivity index (χ0n) is 18.6. The van der Waals surface area contributed by atoms with E-state index in [9.17, 15) is 0 Å². The number of pyridine rings is 1. The van der Waals surface area contributed by atoms with E-state index in [1.807, 2.05) is 23.1 Å². The summed E-state index contributed by atoms with van der Waals surface area (Å²) in [6.45, 7) is 11.0. The van der Waals surface area contributed by atoms with Crippen LogP contribution >= 0.6 is 0 Å². The van der Waals surface area contributed by atoms with Crippen LogP contribution in [0.25, 0.3) is 27.8 Å². The lowest BCUT2D eigenvalue weighted by Crippen LogP contribution is -2.20. The molecule has 0 radical (unpaired) electrons. The molecule has 0 aromatic carbocycles. The van der Waals surface area contributed by atoms with Gasteiger partial charge >= 0.3 is 0 Å². The first-order valence-corrected chi connectivity index (χ1v) is 10.9. The highest BCUT2D eigenvalue weighted by Gasteiger charge is 2.21. The Morgan fingerprint density at radius 3 is 2.71 bits per heavy atom. The minimum Gasteiger partial charge on any atom is -0.381 e. The first kappa shape index (κ1) is 19.9. The van der Waals surface area contributed by atoms with E-state index in [4.69, 9.17) is 9.72 Å². The number of rotatable bonds is 4. The largest absolute Gasteiger partial charge is 0.381 e. The van der Waals surface area contributed by atoms with E-state index in [0.29, 0.717) is 12.0 Å². The molecule has 1 aliphatic rings. The molecule has 8 nitrogen and oxygen atoms in total. The third kappa shape index (κ3) is 3.87. The van der Waals surface area contributed by atoms with Gasteiger partial charge in [-0.05, 0) is 37.3 Å². The van der Waals surface area contributed by atoms with E-state index < -0.39 is 0 Å². The third-order valence-electron chi connectivity index (χ3n) is 5.78. The molecular formula is C23H29N7O. The number of aromatic nitrogens is 6. The number of ether oxygens (including phenoxy) is 1. The molecule has 4 aromatic heterocycles. The van der Waals surface area contributed by atoms with Crippen LogP contribution < -0.4 is 5.32 Å². The van der Waals surface area contributed by atoms with Crippen LogP contribution in [0.4, 0.5) is 5.95 Å². The van der Waals surface area contributed by atoms with Crippen molar-refractivity contribution in [3.8, 4) is 11.1 Å². The number of aryl methyl sites for hydroxylation is 1. The van der Waals surface area contributed by atoms with E-state index in [1.54, 1.807) is 0 Å². The van der Waals surface area contributed by atoms with Gasteiger partial charge in [0.15, 0.2) is 5.65 Å². The standard InChI is InChI=1S/C23H29N7O/c1-15-27-21-19(30(15)17-6-9-31-10-7-17)11-16(12-24-21)18-5-8-29-20(18)13-25-22(28-29)26-14-23(2,3)4/h5,8,11-13,17H,6-7,9-10,14H2,1-4H3,(H,26,28). The van der Waals surface area contributed by atoms with E-state index in [1.165, 1.54) is 0 Å². The van der Waals surface area contributed by atoms with Gasteiger partial charge in [0.2, 0.25) is 5.95 Å². The second-order valence-corrected chi connectivity index (χ2v) is 9.49. The number of anilines is 1. The predicted molar refractivity (Wildman–Crippen MR) is 121 cm³/mol. The summed E-state index contributed by atoms with van der Waals surface area (Å²) in [6.07, 6.45) is 7.75. The fourth-order valence-electron chi connectivity index (χ4n) is 4.21. The van der Waals surface area contributed by atoms with Crippen molar-refractivity contribution in [1.82, 2.24) is 29.1 Å². The second-order valence-electron chi connectivity index (χ2n) is 9.49. The normalized spacial score (nSPS) is 15.7. The minimum absolute atomic E-state index is 0.160. The molecule has 31 heavy (non-hydrogen) atoms. The Morgan fingerprint density at radius 2 is 1.94 bits per heavy atom. The zero-order chi connectivity index (χ0) is 21.6. The van der Waals surface area contributed by atoms with Gasteiger partial charge < -0.3 is 14.6 Å². The molecule has 0 atom stereocenters. The van der Waals surface area contributed by atoms with Gasteiger partial charge in [0, 0.05) is 49.3 Å². The molecule has 5 rings (SSSR count). The van der Waals surface area contributed by atoms with Crippen LogP contribution in [0.15, 0.2) is 30.7 Å². The zero-order valence-corrected chi connectivity index (χ0v) is 18.6. The summed E-state index contributed by atoms with van der Waals surface area (Å²) >= 11 is 0. The van der Waals surface area contributed by atoms with E-state index in [-0.39, 0.29) is 5.41 Å². The molecule has 8 heteroatoms. The quantitative estimate of drug-likeness (QED) is 0.532. The average Bonchev–Trinajstić information content (AvgIpc) is 3.31. The lowest BCUT2D eigenvalue weighted by atomic mass is 9.97. The molecule has 4 aromatic rings. The van der Waals surface area contributed by atoms with Crippen molar-refractivity contribution in [2.75, 3.05) is 25.1 Å². The summed E-state index contributed by atoms with van der Waals surface area (Å²) in [6, 6.07) is 4.67. The Balaban J connectivity index is 1.51. The van der Waals surface area contributed by atoms with Gasteiger partial charge in [-0.1, -0.05) is 20.8 Å². The summed E-state index contributed by atoms with van der Waals surface area (Å²) in [5.74, 6) is 1.64. The fraction of sp³-hybridized carbons (Fsp3) is 0.478. The molecule has 0 amide bonds. The predicted octanol–water partition coefficient (Wildman–Crippen LogP) is 4.26. The van der Waals surface area contributed by atoms with Gasteiger partial charge in [0.05, 0.1) is 17.2 Å². The molecule has 0 aliphatic carbocycles. The van der Waals surface area contributed by atoms with Gasteiger partial charge in [0.1, 0.15) is 5.82 Å². The number of fused-ring (bicyclic) bond motifs is 2. The van der Waals surface area contributed by atoms with Crippen LogP contribution in [0, 0.1) is 12.3 Å². The Hall–Kier alpha value is -3.00. The molecule has 1 fully saturated rings. The van der Waals surface area contributed by atoms with Crippen LogP contribution in [0.5, 0.6) is 0 Å². The summed E-state index contributed by atoms with van der Waals surface area (Å²) < 4.78 is 9.76. The maximum Gasteiger partial charge on any atom is 0.241 e. The maximum absolute atomic E-state index is 5.55. The first-order chi connectivity index (χ1) is 14.9. The average molecular weight is 420 g/mol. The van der Waals surface area contributed by atoms with Crippen molar-refractivity contribution < 1.29 is 4.74 Å². The van der Waals surface area contributed by atoms with Gasteiger partial charge in [-0.2, -0.15) is 0 Å². The van der Waals surface area contributed by atoms with Crippen LogP contribution in [0.3, 0.4) is 0 Å². The van der Waals surface area contributed by atoms with Crippen molar-refractivity contribution in [1.29, 1.82) is 0 Å². The highest BCUT2D eigenvalue weighted by atomic mass is 16.5. The van der Waals surface area contributed by atoms with Gasteiger partial charge in [-0.3, -0.25) is 0 Å². The highest BCUT2D eigenvalue weighted by Crippen LogP contribution is 2.31. The second kappa shape index (κ2) is 7.60. The van der Waals surface area contributed by atoms with Gasteiger partial charge in [0.25, 0.3) is 0 Å². The van der Waals surface area contributed by atoms with Crippen molar-refractivity contribution in [3.05, 3.63) is 36.5 Å². The molecule has 0 saturated carbocycles. The molecule has 0 unspecified atom stereocenters.